The highest BCUT2D eigenvalue weighted by Crippen LogP contribution is 2.14. The summed E-state index contributed by atoms with van der Waals surface area (Å²) >= 11 is 0. The molecule has 4 heteroatoms. The van der Waals surface area contributed by atoms with Crippen LogP contribution in [-0.2, 0) is 16.0 Å². The summed E-state index contributed by atoms with van der Waals surface area (Å²) in [6.07, 6.45) is 0.391. The van der Waals surface area contributed by atoms with E-state index in [1.807, 2.05) is 45.0 Å². The lowest BCUT2D eigenvalue weighted by atomic mass is 9.95. The molecule has 19 heavy (non-hydrogen) atoms. The van der Waals surface area contributed by atoms with Gasteiger partial charge in [-0.25, -0.2) is 0 Å². The zero-order valence-corrected chi connectivity index (χ0v) is 11.6. The number of amides is 1. The predicted octanol–water partition coefficient (Wildman–Crippen LogP) is 2.15. The van der Waals surface area contributed by atoms with Crippen LogP contribution in [0.4, 0.5) is 0 Å². The second-order valence-electron chi connectivity index (χ2n) is 5.15. The van der Waals surface area contributed by atoms with E-state index in [1.54, 1.807) is 0 Å². The predicted molar refractivity (Wildman–Crippen MR) is 73.9 cm³/mol. The molecule has 1 unspecified atom stereocenters. The van der Waals surface area contributed by atoms with Gasteiger partial charge in [0.2, 0.25) is 5.91 Å². The van der Waals surface area contributed by atoms with Gasteiger partial charge in [0, 0.05) is 12.5 Å². The van der Waals surface area contributed by atoms with Crippen molar-refractivity contribution in [2.75, 3.05) is 0 Å². The van der Waals surface area contributed by atoms with Crippen molar-refractivity contribution >= 4 is 11.9 Å². The molecule has 0 aliphatic heterocycles. The summed E-state index contributed by atoms with van der Waals surface area (Å²) in [7, 11) is 0. The topological polar surface area (TPSA) is 66.4 Å². The first kappa shape index (κ1) is 15.2. The first-order valence-corrected chi connectivity index (χ1v) is 6.46. The average Bonchev–Trinajstić information content (AvgIpc) is 2.29. The number of rotatable bonds is 6. The number of nitrogens with one attached hydrogen (secondary N) is 1. The van der Waals surface area contributed by atoms with E-state index in [0.717, 1.165) is 11.1 Å². The van der Waals surface area contributed by atoms with Crippen LogP contribution < -0.4 is 5.32 Å². The Morgan fingerprint density at radius 1 is 1.21 bits per heavy atom. The lowest BCUT2D eigenvalue weighted by molar-refractivity contribution is -0.144. The molecule has 0 saturated heterocycles. The van der Waals surface area contributed by atoms with Gasteiger partial charge in [-0.15, -0.1) is 0 Å². The Morgan fingerprint density at radius 3 is 2.26 bits per heavy atom. The smallest absolute Gasteiger partial charge is 0.307 e. The van der Waals surface area contributed by atoms with E-state index in [9.17, 15) is 14.7 Å². The SMILES string of the molecule is Cc1ccc(CC(CC(=O)NC(C)C)C(=O)O)cc1. The van der Waals surface area contributed by atoms with Gasteiger partial charge in [-0.05, 0) is 32.8 Å². The molecule has 2 N–H and O–H groups in total. The van der Waals surface area contributed by atoms with E-state index < -0.39 is 11.9 Å². The van der Waals surface area contributed by atoms with Gasteiger partial charge in [-0.3, -0.25) is 9.59 Å². The molecule has 0 heterocycles. The first-order valence-electron chi connectivity index (χ1n) is 6.46. The monoisotopic (exact) mass is 263 g/mol. The molecule has 1 aromatic rings. The Kier molecular flexibility index (Phi) is 5.55. The van der Waals surface area contributed by atoms with Crippen molar-refractivity contribution in [1.82, 2.24) is 5.32 Å². The van der Waals surface area contributed by atoms with Crippen LogP contribution in [0.25, 0.3) is 0 Å². The third kappa shape index (κ3) is 5.55. The molecule has 1 atom stereocenters. The lowest BCUT2D eigenvalue weighted by Gasteiger charge is -2.14. The maximum atomic E-state index is 11.6. The van der Waals surface area contributed by atoms with Crippen LogP contribution >= 0.6 is 0 Å². The normalized spacial score (nSPS) is 12.2. The molecule has 0 saturated carbocycles. The number of carboxylic acids is 1. The van der Waals surface area contributed by atoms with Crippen molar-refractivity contribution in [3.8, 4) is 0 Å². The molecule has 1 rings (SSSR count). The van der Waals surface area contributed by atoms with Crippen LogP contribution in [0.1, 0.15) is 31.4 Å². The van der Waals surface area contributed by atoms with E-state index in [2.05, 4.69) is 5.32 Å². The van der Waals surface area contributed by atoms with E-state index >= 15 is 0 Å². The molecule has 1 amide bonds. The molecule has 4 nitrogen and oxygen atoms in total. The average molecular weight is 263 g/mol. The standard InChI is InChI=1S/C15H21NO3/c1-10(2)16-14(17)9-13(15(18)19)8-12-6-4-11(3)5-7-12/h4-7,10,13H,8-9H2,1-3H3,(H,16,17)(H,18,19). The molecular weight excluding hydrogens is 242 g/mol. The van der Waals surface area contributed by atoms with Crippen LogP contribution in [0, 0.1) is 12.8 Å². The zero-order chi connectivity index (χ0) is 14.4. The Morgan fingerprint density at radius 2 is 1.79 bits per heavy atom. The summed E-state index contributed by atoms with van der Waals surface area (Å²) < 4.78 is 0. The summed E-state index contributed by atoms with van der Waals surface area (Å²) in [6, 6.07) is 7.74. The van der Waals surface area contributed by atoms with Gasteiger partial charge in [-0.2, -0.15) is 0 Å². The van der Waals surface area contributed by atoms with Gasteiger partial charge in [0.05, 0.1) is 5.92 Å². The second-order valence-corrected chi connectivity index (χ2v) is 5.15. The van der Waals surface area contributed by atoms with Crippen LogP contribution in [0.2, 0.25) is 0 Å². The molecule has 104 valence electrons. The van der Waals surface area contributed by atoms with Crippen molar-refractivity contribution in [1.29, 1.82) is 0 Å². The minimum Gasteiger partial charge on any atom is -0.481 e. The Bertz CT molecular complexity index is 437. The maximum absolute atomic E-state index is 11.6. The molecule has 0 fully saturated rings. The molecule has 0 aliphatic rings. The molecule has 0 aromatic heterocycles. The molecule has 0 bridgehead atoms. The van der Waals surface area contributed by atoms with E-state index in [0.29, 0.717) is 6.42 Å². The van der Waals surface area contributed by atoms with Crippen molar-refractivity contribution in [2.24, 2.45) is 5.92 Å². The van der Waals surface area contributed by atoms with Crippen molar-refractivity contribution in [3.05, 3.63) is 35.4 Å². The molecule has 0 spiro atoms. The van der Waals surface area contributed by atoms with Crippen molar-refractivity contribution < 1.29 is 14.7 Å². The van der Waals surface area contributed by atoms with Crippen molar-refractivity contribution in [3.63, 3.8) is 0 Å². The van der Waals surface area contributed by atoms with Gasteiger partial charge < -0.3 is 10.4 Å². The minimum absolute atomic E-state index is 0.0153. The third-order valence-electron chi connectivity index (χ3n) is 2.83. The van der Waals surface area contributed by atoms with E-state index in [4.69, 9.17) is 0 Å². The minimum atomic E-state index is -0.931. The summed E-state index contributed by atoms with van der Waals surface area (Å²) in [5.41, 5.74) is 2.07. The number of carbonyl (C=O) groups excluding carboxylic acids is 1. The van der Waals surface area contributed by atoms with E-state index in [-0.39, 0.29) is 18.4 Å². The largest absolute Gasteiger partial charge is 0.481 e. The third-order valence-corrected chi connectivity index (χ3v) is 2.83. The maximum Gasteiger partial charge on any atom is 0.307 e. The number of carboxylic acid groups (broad SMARTS) is 1. The van der Waals surface area contributed by atoms with Gasteiger partial charge in [-0.1, -0.05) is 29.8 Å². The number of carbonyl (C=O) groups is 2. The summed E-state index contributed by atoms with van der Waals surface area (Å²) in [5, 5.41) is 11.9. The van der Waals surface area contributed by atoms with Crippen LogP contribution in [-0.4, -0.2) is 23.0 Å². The highest BCUT2D eigenvalue weighted by molar-refractivity contribution is 5.82. The number of aryl methyl sites for hydroxylation is 1. The fourth-order valence-electron chi connectivity index (χ4n) is 1.86. The second kappa shape index (κ2) is 6.92. The summed E-state index contributed by atoms with van der Waals surface area (Å²) in [4.78, 5) is 22.9. The Balaban J connectivity index is 2.65. The lowest BCUT2D eigenvalue weighted by Crippen LogP contribution is -2.33. The number of aliphatic carboxylic acids is 1. The highest BCUT2D eigenvalue weighted by atomic mass is 16.4. The molecule has 0 radical (unpaired) electrons. The first-order chi connectivity index (χ1) is 8.88. The van der Waals surface area contributed by atoms with Crippen LogP contribution in [0.3, 0.4) is 0 Å². The Labute approximate surface area is 113 Å². The van der Waals surface area contributed by atoms with Crippen LogP contribution in [0.5, 0.6) is 0 Å². The van der Waals surface area contributed by atoms with Crippen LogP contribution in [0.15, 0.2) is 24.3 Å². The molecular formula is C15H21NO3. The quantitative estimate of drug-likeness (QED) is 0.826. The van der Waals surface area contributed by atoms with E-state index in [1.165, 1.54) is 0 Å². The molecule has 0 aliphatic carbocycles. The number of hydrogen-bond donors (Lipinski definition) is 2. The zero-order valence-electron chi connectivity index (χ0n) is 11.6. The Hall–Kier alpha value is -1.84. The van der Waals surface area contributed by atoms with Crippen molar-refractivity contribution in [2.45, 2.75) is 39.7 Å². The van der Waals surface area contributed by atoms with Gasteiger partial charge >= 0.3 is 5.97 Å². The fraction of sp³-hybridized carbons (Fsp3) is 0.467. The fourth-order valence-corrected chi connectivity index (χ4v) is 1.86. The van der Waals surface area contributed by atoms with Gasteiger partial charge in [0.25, 0.3) is 0 Å². The highest BCUT2D eigenvalue weighted by Gasteiger charge is 2.21. The van der Waals surface area contributed by atoms with Gasteiger partial charge in [0.1, 0.15) is 0 Å². The number of hydrogen-bond acceptors (Lipinski definition) is 2. The molecule has 1 aromatic carbocycles. The summed E-state index contributed by atoms with van der Waals surface area (Å²) in [5.74, 6) is -1.82. The number of benzene rings is 1. The van der Waals surface area contributed by atoms with Gasteiger partial charge in [0.15, 0.2) is 0 Å². The summed E-state index contributed by atoms with van der Waals surface area (Å²) in [6.45, 7) is 5.69.